The molecule has 8 heteroatoms. The van der Waals surface area contributed by atoms with Crippen molar-refractivity contribution in [1.29, 1.82) is 0 Å². The predicted octanol–water partition coefficient (Wildman–Crippen LogP) is 3.50. The standard InChI is InChI=1S/C18H19ClN2O4S/c1-11-4-5-12(2)15(8-11)20-26(23,24)18-10-17-16(9-14(18)19)21(13(3)22)6-7-25-17/h4-5,8-10,20H,6-7H2,1-3H3. The van der Waals surface area contributed by atoms with E-state index in [9.17, 15) is 13.2 Å². The van der Waals surface area contributed by atoms with Crippen LogP contribution in [0.5, 0.6) is 5.75 Å². The number of benzene rings is 2. The Morgan fingerprint density at radius 3 is 2.65 bits per heavy atom. The van der Waals surface area contributed by atoms with E-state index in [1.807, 2.05) is 26.0 Å². The van der Waals surface area contributed by atoms with Gasteiger partial charge in [0.25, 0.3) is 10.0 Å². The second kappa shape index (κ2) is 6.81. The highest BCUT2D eigenvalue weighted by Gasteiger charge is 2.27. The molecule has 1 amide bonds. The average molecular weight is 395 g/mol. The van der Waals surface area contributed by atoms with E-state index in [1.54, 1.807) is 6.07 Å². The van der Waals surface area contributed by atoms with Crippen LogP contribution in [-0.2, 0) is 14.8 Å². The van der Waals surface area contributed by atoms with Gasteiger partial charge in [0.15, 0.2) is 0 Å². The molecule has 0 atom stereocenters. The van der Waals surface area contributed by atoms with E-state index in [2.05, 4.69) is 4.72 Å². The van der Waals surface area contributed by atoms with E-state index >= 15 is 0 Å². The van der Waals surface area contributed by atoms with Crippen LogP contribution in [0.1, 0.15) is 18.1 Å². The van der Waals surface area contributed by atoms with Gasteiger partial charge in [-0.05, 0) is 37.1 Å². The van der Waals surface area contributed by atoms with Gasteiger partial charge < -0.3 is 9.64 Å². The maximum Gasteiger partial charge on any atom is 0.263 e. The Balaban J connectivity index is 2.03. The molecule has 2 aromatic rings. The van der Waals surface area contributed by atoms with Gasteiger partial charge in [-0.1, -0.05) is 23.7 Å². The first-order chi connectivity index (χ1) is 12.2. The van der Waals surface area contributed by atoms with Crippen LogP contribution in [0.15, 0.2) is 35.2 Å². The molecule has 0 fully saturated rings. The number of carbonyl (C=O) groups excluding carboxylic acids is 1. The molecule has 0 saturated carbocycles. The van der Waals surface area contributed by atoms with Gasteiger partial charge in [0, 0.05) is 13.0 Å². The van der Waals surface area contributed by atoms with Crippen LogP contribution in [0, 0.1) is 13.8 Å². The van der Waals surface area contributed by atoms with Crippen LogP contribution in [0.25, 0.3) is 0 Å². The van der Waals surface area contributed by atoms with Crippen molar-refractivity contribution in [2.75, 3.05) is 22.8 Å². The third-order valence-corrected chi connectivity index (χ3v) is 6.01. The van der Waals surface area contributed by atoms with Crippen LogP contribution in [0.4, 0.5) is 11.4 Å². The summed E-state index contributed by atoms with van der Waals surface area (Å²) in [7, 11) is -3.92. The second-order valence-corrected chi connectivity index (χ2v) is 8.25. The van der Waals surface area contributed by atoms with E-state index in [1.165, 1.54) is 24.0 Å². The second-order valence-electron chi connectivity index (χ2n) is 6.19. The number of anilines is 2. The molecule has 0 unspecified atom stereocenters. The number of hydrogen-bond donors (Lipinski definition) is 1. The Hall–Kier alpha value is -2.25. The number of nitrogens with zero attached hydrogens (tertiary/aromatic N) is 1. The number of sulfonamides is 1. The van der Waals surface area contributed by atoms with Crippen molar-refractivity contribution < 1.29 is 17.9 Å². The molecule has 138 valence electrons. The van der Waals surface area contributed by atoms with Crippen molar-refractivity contribution in [3.05, 3.63) is 46.5 Å². The van der Waals surface area contributed by atoms with Crippen LogP contribution < -0.4 is 14.4 Å². The van der Waals surface area contributed by atoms with E-state index in [4.69, 9.17) is 16.3 Å². The van der Waals surface area contributed by atoms with Gasteiger partial charge in [-0.25, -0.2) is 8.42 Å². The predicted molar refractivity (Wildman–Crippen MR) is 102 cm³/mol. The SMILES string of the molecule is CC(=O)N1CCOc2cc(S(=O)(=O)Nc3cc(C)ccc3C)c(Cl)cc21. The van der Waals surface area contributed by atoms with Crippen molar-refractivity contribution in [2.45, 2.75) is 25.7 Å². The Labute approximate surface area is 157 Å². The lowest BCUT2D eigenvalue weighted by molar-refractivity contribution is -0.116. The molecule has 1 aliphatic rings. The van der Waals surface area contributed by atoms with Crippen molar-refractivity contribution in [2.24, 2.45) is 0 Å². The third kappa shape index (κ3) is 3.50. The third-order valence-electron chi connectivity index (χ3n) is 4.18. The summed E-state index contributed by atoms with van der Waals surface area (Å²) in [5.41, 5.74) is 2.70. The minimum absolute atomic E-state index is 0.0262. The molecule has 1 heterocycles. The summed E-state index contributed by atoms with van der Waals surface area (Å²) in [6.07, 6.45) is 0. The highest BCUT2D eigenvalue weighted by atomic mass is 35.5. The Morgan fingerprint density at radius 1 is 1.23 bits per heavy atom. The minimum Gasteiger partial charge on any atom is -0.489 e. The van der Waals surface area contributed by atoms with Gasteiger partial charge in [0.05, 0.1) is 22.9 Å². The topological polar surface area (TPSA) is 75.7 Å². The lowest BCUT2D eigenvalue weighted by Gasteiger charge is -2.29. The molecule has 0 aliphatic carbocycles. The number of fused-ring (bicyclic) bond motifs is 1. The normalized spacial score (nSPS) is 13.8. The molecule has 1 N–H and O–H groups in total. The van der Waals surface area contributed by atoms with Crippen LogP contribution in [0.3, 0.4) is 0 Å². The van der Waals surface area contributed by atoms with Gasteiger partial charge in [-0.15, -0.1) is 0 Å². The van der Waals surface area contributed by atoms with Gasteiger partial charge in [-0.2, -0.15) is 0 Å². The molecule has 1 aliphatic heterocycles. The number of ether oxygens (including phenoxy) is 1. The van der Waals surface area contributed by atoms with Gasteiger partial charge in [-0.3, -0.25) is 9.52 Å². The zero-order valence-electron chi connectivity index (χ0n) is 14.7. The van der Waals surface area contributed by atoms with Crippen LogP contribution >= 0.6 is 11.6 Å². The maximum atomic E-state index is 12.9. The van der Waals surface area contributed by atoms with Crippen molar-refractivity contribution >= 4 is 38.9 Å². The van der Waals surface area contributed by atoms with Crippen LogP contribution in [-0.4, -0.2) is 27.5 Å². The summed E-state index contributed by atoms with van der Waals surface area (Å²) in [6.45, 7) is 5.83. The minimum atomic E-state index is -3.92. The zero-order valence-corrected chi connectivity index (χ0v) is 16.2. The first kappa shape index (κ1) is 18.5. The van der Waals surface area contributed by atoms with E-state index in [-0.39, 0.29) is 22.4 Å². The molecular formula is C18H19ClN2O4S. The molecule has 26 heavy (non-hydrogen) atoms. The highest BCUT2D eigenvalue weighted by Crippen LogP contribution is 2.39. The summed E-state index contributed by atoms with van der Waals surface area (Å²) < 4.78 is 33.8. The number of nitrogens with one attached hydrogen (secondary N) is 1. The summed E-state index contributed by atoms with van der Waals surface area (Å²) >= 11 is 6.24. The van der Waals surface area contributed by atoms with E-state index < -0.39 is 10.0 Å². The number of amides is 1. The molecule has 0 radical (unpaired) electrons. The highest BCUT2D eigenvalue weighted by molar-refractivity contribution is 7.92. The molecule has 6 nitrogen and oxygen atoms in total. The van der Waals surface area contributed by atoms with Crippen molar-refractivity contribution in [3.63, 3.8) is 0 Å². The molecule has 0 aromatic heterocycles. The summed E-state index contributed by atoms with van der Waals surface area (Å²) in [4.78, 5) is 13.2. The fraction of sp³-hybridized carbons (Fsp3) is 0.278. The molecule has 0 spiro atoms. The zero-order chi connectivity index (χ0) is 19.1. The lowest BCUT2D eigenvalue weighted by Crippen LogP contribution is -2.36. The maximum absolute atomic E-state index is 12.9. The smallest absolute Gasteiger partial charge is 0.263 e. The number of halogens is 1. The number of hydrogen-bond acceptors (Lipinski definition) is 4. The monoisotopic (exact) mass is 394 g/mol. The van der Waals surface area contributed by atoms with Gasteiger partial charge in [0.1, 0.15) is 17.3 Å². The van der Waals surface area contributed by atoms with E-state index in [0.29, 0.717) is 23.7 Å². The number of aryl methyl sites for hydroxylation is 2. The largest absolute Gasteiger partial charge is 0.489 e. The lowest BCUT2D eigenvalue weighted by atomic mass is 10.1. The molecular weight excluding hydrogens is 376 g/mol. The summed E-state index contributed by atoms with van der Waals surface area (Å²) in [5, 5.41) is 0.0262. The van der Waals surface area contributed by atoms with Crippen molar-refractivity contribution in [3.8, 4) is 5.75 Å². The van der Waals surface area contributed by atoms with Crippen LogP contribution in [0.2, 0.25) is 5.02 Å². The Bertz CT molecular complexity index is 989. The average Bonchev–Trinajstić information content (AvgIpc) is 2.56. The first-order valence-corrected chi connectivity index (χ1v) is 9.89. The van der Waals surface area contributed by atoms with Gasteiger partial charge >= 0.3 is 0 Å². The first-order valence-electron chi connectivity index (χ1n) is 8.03. The fourth-order valence-electron chi connectivity index (χ4n) is 2.80. The summed E-state index contributed by atoms with van der Waals surface area (Å²) in [6, 6.07) is 8.32. The Morgan fingerprint density at radius 2 is 1.96 bits per heavy atom. The quantitative estimate of drug-likeness (QED) is 0.864. The fourth-order valence-corrected chi connectivity index (χ4v) is 4.46. The van der Waals surface area contributed by atoms with E-state index in [0.717, 1.165) is 11.1 Å². The summed E-state index contributed by atoms with van der Waals surface area (Å²) in [5.74, 6) is 0.159. The number of carbonyl (C=O) groups is 1. The molecule has 2 aromatic carbocycles. The molecule has 3 rings (SSSR count). The van der Waals surface area contributed by atoms with Gasteiger partial charge in [0.2, 0.25) is 5.91 Å². The van der Waals surface area contributed by atoms with Crippen molar-refractivity contribution in [1.82, 2.24) is 0 Å². The molecule has 0 saturated heterocycles. The Kier molecular flexibility index (Phi) is 4.86. The number of rotatable bonds is 3. The molecule has 0 bridgehead atoms.